The molecule has 1 aromatic carbocycles. The van der Waals surface area contributed by atoms with Gasteiger partial charge in [-0.1, -0.05) is 13.8 Å². The lowest BCUT2D eigenvalue weighted by Crippen LogP contribution is -2.47. The summed E-state index contributed by atoms with van der Waals surface area (Å²) < 4.78 is 5.13. The number of nitrogens with zero attached hydrogens (tertiary/aromatic N) is 4. The maximum absolute atomic E-state index is 12.2. The molecule has 0 amide bonds. The van der Waals surface area contributed by atoms with Crippen LogP contribution < -0.4 is 9.80 Å². The van der Waals surface area contributed by atoms with Crippen LogP contribution >= 0.6 is 0 Å². The third-order valence-corrected chi connectivity index (χ3v) is 5.05. The SMILES string of the molecule is CCOC(=O)c1cnc(N2CCN(c3ccc(C(C)=O)cc3)CC2)nc1C(C)C. The van der Waals surface area contributed by atoms with Crippen LogP contribution in [0.1, 0.15) is 60.0 Å². The molecule has 1 aliphatic rings. The molecule has 0 saturated carbocycles. The van der Waals surface area contributed by atoms with Gasteiger partial charge in [-0.2, -0.15) is 0 Å². The number of carbonyl (C=O) groups excluding carboxylic acids is 2. The number of ether oxygens (including phenoxy) is 1. The molecule has 2 aromatic rings. The third kappa shape index (κ3) is 4.72. The molecular weight excluding hydrogens is 368 g/mol. The van der Waals surface area contributed by atoms with E-state index in [4.69, 9.17) is 4.74 Å². The van der Waals surface area contributed by atoms with E-state index in [-0.39, 0.29) is 17.7 Å². The van der Waals surface area contributed by atoms with Crippen LogP contribution in [0.2, 0.25) is 0 Å². The molecular formula is C22H28N4O3. The molecule has 0 atom stereocenters. The van der Waals surface area contributed by atoms with Crippen molar-refractivity contribution in [1.82, 2.24) is 9.97 Å². The van der Waals surface area contributed by atoms with E-state index in [1.165, 1.54) is 0 Å². The summed E-state index contributed by atoms with van der Waals surface area (Å²) in [6.07, 6.45) is 1.59. The highest BCUT2D eigenvalue weighted by Gasteiger charge is 2.23. The zero-order valence-corrected chi connectivity index (χ0v) is 17.5. The number of hydrogen-bond donors (Lipinski definition) is 0. The van der Waals surface area contributed by atoms with Gasteiger partial charge in [0.15, 0.2) is 5.78 Å². The predicted octanol–water partition coefficient (Wildman–Crippen LogP) is 3.31. The number of rotatable bonds is 6. The van der Waals surface area contributed by atoms with Crippen molar-refractivity contribution in [2.75, 3.05) is 42.6 Å². The highest BCUT2D eigenvalue weighted by atomic mass is 16.5. The predicted molar refractivity (Wildman–Crippen MR) is 113 cm³/mol. The Balaban J connectivity index is 1.71. The van der Waals surface area contributed by atoms with Gasteiger partial charge in [0.2, 0.25) is 5.95 Å². The molecule has 1 fully saturated rings. The van der Waals surface area contributed by atoms with E-state index >= 15 is 0 Å². The largest absolute Gasteiger partial charge is 0.462 e. The highest BCUT2D eigenvalue weighted by molar-refractivity contribution is 5.94. The van der Waals surface area contributed by atoms with Crippen LogP contribution in [0, 0.1) is 0 Å². The molecule has 0 unspecified atom stereocenters. The molecule has 0 bridgehead atoms. The van der Waals surface area contributed by atoms with Crippen LogP contribution in [0.15, 0.2) is 30.5 Å². The van der Waals surface area contributed by atoms with Crippen LogP contribution in [0.4, 0.5) is 11.6 Å². The summed E-state index contributed by atoms with van der Waals surface area (Å²) in [4.78, 5) is 37.2. The molecule has 1 saturated heterocycles. The number of piperazine rings is 1. The van der Waals surface area contributed by atoms with Crippen molar-refractivity contribution in [2.24, 2.45) is 0 Å². The zero-order chi connectivity index (χ0) is 21.0. The first-order valence-electron chi connectivity index (χ1n) is 10.1. The summed E-state index contributed by atoms with van der Waals surface area (Å²) in [6, 6.07) is 7.73. The quantitative estimate of drug-likeness (QED) is 0.548. The summed E-state index contributed by atoms with van der Waals surface area (Å²) in [5, 5.41) is 0. The minimum Gasteiger partial charge on any atom is -0.462 e. The van der Waals surface area contributed by atoms with Gasteiger partial charge in [0, 0.05) is 43.6 Å². The fourth-order valence-electron chi connectivity index (χ4n) is 3.42. The Labute approximate surface area is 171 Å². The van der Waals surface area contributed by atoms with E-state index in [0.29, 0.717) is 18.1 Å². The minimum atomic E-state index is -0.374. The number of carbonyl (C=O) groups is 2. The monoisotopic (exact) mass is 396 g/mol. The lowest BCUT2D eigenvalue weighted by molar-refractivity contribution is 0.0523. The average Bonchev–Trinajstić information content (AvgIpc) is 2.73. The van der Waals surface area contributed by atoms with Gasteiger partial charge in [-0.3, -0.25) is 4.79 Å². The maximum atomic E-state index is 12.2. The van der Waals surface area contributed by atoms with E-state index in [9.17, 15) is 9.59 Å². The summed E-state index contributed by atoms with van der Waals surface area (Å²) in [5.74, 6) is 0.442. The number of Topliss-reactive ketones (excluding diaryl/α,β-unsaturated/α-hetero) is 1. The second-order valence-electron chi connectivity index (χ2n) is 7.42. The van der Waals surface area contributed by atoms with E-state index in [2.05, 4.69) is 19.8 Å². The number of hydrogen-bond acceptors (Lipinski definition) is 7. The molecule has 1 aromatic heterocycles. The lowest BCUT2D eigenvalue weighted by Gasteiger charge is -2.36. The molecule has 0 N–H and O–H groups in total. The van der Waals surface area contributed by atoms with Crippen LogP contribution in [0.25, 0.3) is 0 Å². The Hall–Kier alpha value is -2.96. The normalized spacial score (nSPS) is 14.2. The van der Waals surface area contributed by atoms with Crippen LogP contribution in [0.3, 0.4) is 0 Å². The number of aromatic nitrogens is 2. The smallest absolute Gasteiger partial charge is 0.341 e. The summed E-state index contributed by atoms with van der Waals surface area (Å²) in [6.45, 7) is 10.9. The number of benzene rings is 1. The number of anilines is 2. The molecule has 154 valence electrons. The molecule has 7 heteroatoms. The van der Waals surface area contributed by atoms with Crippen molar-refractivity contribution in [1.29, 1.82) is 0 Å². The Morgan fingerprint density at radius 3 is 2.24 bits per heavy atom. The number of esters is 1. The van der Waals surface area contributed by atoms with Crippen molar-refractivity contribution in [3.8, 4) is 0 Å². The van der Waals surface area contributed by atoms with Crippen molar-refractivity contribution in [2.45, 2.75) is 33.6 Å². The van der Waals surface area contributed by atoms with E-state index in [1.807, 2.05) is 38.1 Å². The fourth-order valence-corrected chi connectivity index (χ4v) is 3.42. The number of ketones is 1. The molecule has 1 aliphatic heterocycles. The summed E-state index contributed by atoms with van der Waals surface area (Å²) >= 11 is 0. The highest BCUT2D eigenvalue weighted by Crippen LogP contribution is 2.23. The second kappa shape index (κ2) is 9.03. The van der Waals surface area contributed by atoms with Crippen LogP contribution in [0.5, 0.6) is 0 Å². The maximum Gasteiger partial charge on any atom is 0.341 e. The summed E-state index contributed by atoms with van der Waals surface area (Å²) in [7, 11) is 0. The Kier molecular flexibility index (Phi) is 6.46. The van der Waals surface area contributed by atoms with Gasteiger partial charge < -0.3 is 14.5 Å². The molecule has 0 spiro atoms. The van der Waals surface area contributed by atoms with Gasteiger partial charge in [0.1, 0.15) is 0 Å². The van der Waals surface area contributed by atoms with Gasteiger partial charge >= 0.3 is 5.97 Å². The van der Waals surface area contributed by atoms with Crippen LogP contribution in [-0.4, -0.2) is 54.5 Å². The zero-order valence-electron chi connectivity index (χ0n) is 17.5. The molecule has 7 nitrogen and oxygen atoms in total. The first-order chi connectivity index (χ1) is 13.9. The first kappa shape index (κ1) is 20.8. The van der Waals surface area contributed by atoms with E-state index in [1.54, 1.807) is 20.0 Å². The average molecular weight is 396 g/mol. The minimum absolute atomic E-state index is 0.0748. The first-order valence-corrected chi connectivity index (χ1v) is 10.1. The Morgan fingerprint density at radius 2 is 1.69 bits per heavy atom. The molecule has 0 aliphatic carbocycles. The molecule has 2 heterocycles. The van der Waals surface area contributed by atoms with Crippen molar-refractivity contribution in [3.63, 3.8) is 0 Å². The van der Waals surface area contributed by atoms with Crippen LogP contribution in [-0.2, 0) is 4.74 Å². The van der Waals surface area contributed by atoms with E-state index < -0.39 is 0 Å². The molecule has 0 radical (unpaired) electrons. The summed E-state index contributed by atoms with van der Waals surface area (Å²) in [5.41, 5.74) is 2.99. The van der Waals surface area contributed by atoms with Crippen molar-refractivity contribution in [3.05, 3.63) is 47.3 Å². The Morgan fingerprint density at radius 1 is 1.07 bits per heavy atom. The second-order valence-corrected chi connectivity index (χ2v) is 7.42. The fraction of sp³-hybridized carbons (Fsp3) is 0.455. The molecule has 29 heavy (non-hydrogen) atoms. The van der Waals surface area contributed by atoms with Gasteiger partial charge in [-0.25, -0.2) is 14.8 Å². The van der Waals surface area contributed by atoms with Gasteiger partial charge in [-0.15, -0.1) is 0 Å². The van der Waals surface area contributed by atoms with Gasteiger partial charge in [0.05, 0.1) is 17.9 Å². The Bertz CT molecular complexity index is 872. The van der Waals surface area contributed by atoms with Crippen molar-refractivity contribution < 1.29 is 14.3 Å². The molecule has 3 rings (SSSR count). The lowest BCUT2D eigenvalue weighted by atomic mass is 10.1. The van der Waals surface area contributed by atoms with E-state index in [0.717, 1.165) is 43.1 Å². The van der Waals surface area contributed by atoms with Gasteiger partial charge in [0.25, 0.3) is 0 Å². The topological polar surface area (TPSA) is 75.6 Å². The van der Waals surface area contributed by atoms with Gasteiger partial charge in [-0.05, 0) is 44.0 Å². The standard InChI is InChI=1S/C22H28N4O3/c1-5-29-21(28)19-14-23-22(24-20(19)15(2)3)26-12-10-25(11-13-26)18-8-6-17(7-9-18)16(4)27/h6-9,14-15H,5,10-13H2,1-4H3. The van der Waals surface area contributed by atoms with Crippen molar-refractivity contribution >= 4 is 23.4 Å². The third-order valence-electron chi connectivity index (χ3n) is 5.05.